The van der Waals surface area contributed by atoms with E-state index in [1.807, 2.05) is 0 Å². The fourth-order valence-corrected chi connectivity index (χ4v) is 2.16. The van der Waals surface area contributed by atoms with E-state index in [-0.39, 0.29) is 18.9 Å². The van der Waals surface area contributed by atoms with Gasteiger partial charge in [0.05, 0.1) is 6.10 Å². The first kappa shape index (κ1) is 15.8. The van der Waals surface area contributed by atoms with Gasteiger partial charge >= 0.3 is 6.18 Å². The van der Waals surface area contributed by atoms with Crippen molar-refractivity contribution in [3.05, 3.63) is 29.3 Å². The molecule has 1 heterocycles. The van der Waals surface area contributed by atoms with Crippen molar-refractivity contribution in [2.45, 2.75) is 31.5 Å². The number of ether oxygens (including phenoxy) is 1. The molecule has 7 heteroatoms. The van der Waals surface area contributed by atoms with Gasteiger partial charge in [0.25, 0.3) is 0 Å². The fourth-order valence-electron chi connectivity index (χ4n) is 2.16. The topological polar surface area (TPSA) is 58.6 Å². The molecule has 0 fully saturated rings. The lowest BCUT2D eigenvalue weighted by molar-refractivity contribution is -0.175. The number of amides is 1. The Balaban J connectivity index is 1.88. The number of hydrogen-bond donors (Lipinski definition) is 2. The van der Waals surface area contributed by atoms with Crippen LogP contribution in [0.4, 0.5) is 18.9 Å². The van der Waals surface area contributed by atoms with Crippen molar-refractivity contribution in [3.8, 4) is 0 Å². The van der Waals surface area contributed by atoms with E-state index in [1.54, 1.807) is 18.2 Å². The van der Waals surface area contributed by atoms with Crippen LogP contribution in [0.25, 0.3) is 0 Å². The monoisotopic (exact) mass is 303 g/mol. The fraction of sp³-hybridized carbons (Fsp3) is 0.500. The molecular formula is C14H16F3NO3. The lowest BCUT2D eigenvalue weighted by Gasteiger charge is -2.19. The maximum absolute atomic E-state index is 11.9. The summed E-state index contributed by atoms with van der Waals surface area (Å²) in [6.07, 6.45) is -4.18. The Kier molecular flexibility index (Phi) is 4.84. The highest BCUT2D eigenvalue weighted by molar-refractivity contribution is 5.93. The number of aliphatic hydroxyl groups excluding tert-OH is 1. The number of rotatable bonds is 5. The van der Waals surface area contributed by atoms with Crippen LogP contribution >= 0.6 is 0 Å². The number of aryl methyl sites for hydroxylation is 1. The minimum atomic E-state index is -4.35. The summed E-state index contributed by atoms with van der Waals surface area (Å²) in [6.45, 7) is -1.48. The molecule has 4 nitrogen and oxygen atoms in total. The van der Waals surface area contributed by atoms with Crippen molar-refractivity contribution in [1.82, 2.24) is 0 Å². The van der Waals surface area contributed by atoms with Gasteiger partial charge in [0.15, 0.2) is 0 Å². The van der Waals surface area contributed by atoms with Crippen LogP contribution < -0.4 is 5.32 Å². The Hall–Kier alpha value is -1.60. The summed E-state index contributed by atoms with van der Waals surface area (Å²) in [5.41, 5.74) is 2.25. The van der Waals surface area contributed by atoms with Crippen LogP contribution in [0.5, 0.6) is 0 Å². The average Bonchev–Trinajstić information content (AvgIpc) is 2.41. The first-order chi connectivity index (χ1) is 9.85. The van der Waals surface area contributed by atoms with E-state index in [4.69, 9.17) is 0 Å². The molecule has 1 atom stereocenters. The zero-order chi connectivity index (χ0) is 15.5. The van der Waals surface area contributed by atoms with Gasteiger partial charge in [-0.25, -0.2) is 0 Å². The Morgan fingerprint density at radius 1 is 1.33 bits per heavy atom. The highest BCUT2D eigenvalue weighted by Crippen LogP contribution is 2.27. The van der Waals surface area contributed by atoms with Gasteiger partial charge in [0, 0.05) is 25.1 Å². The first-order valence-corrected chi connectivity index (χ1v) is 6.60. The normalized spacial score (nSPS) is 16.3. The molecule has 0 aromatic heterocycles. The van der Waals surface area contributed by atoms with Crippen LogP contribution in [-0.4, -0.2) is 30.4 Å². The molecule has 2 N–H and O–H groups in total. The van der Waals surface area contributed by atoms with Crippen LogP contribution in [0.15, 0.2) is 18.2 Å². The SMILES string of the molecule is O=C1CCc2cc(C(O)CCOCC(F)(F)F)ccc2N1. The number of aliphatic hydroxyl groups is 1. The molecule has 1 aromatic rings. The van der Waals surface area contributed by atoms with Crippen molar-refractivity contribution in [2.24, 2.45) is 0 Å². The number of anilines is 1. The second-order valence-corrected chi connectivity index (χ2v) is 4.94. The quantitative estimate of drug-likeness (QED) is 0.822. The van der Waals surface area contributed by atoms with E-state index in [2.05, 4.69) is 10.1 Å². The Morgan fingerprint density at radius 2 is 2.10 bits per heavy atom. The number of fused-ring (bicyclic) bond motifs is 1. The minimum Gasteiger partial charge on any atom is -0.388 e. The number of alkyl halides is 3. The molecule has 0 bridgehead atoms. The third kappa shape index (κ3) is 4.71. The molecule has 0 radical (unpaired) electrons. The van der Waals surface area contributed by atoms with Gasteiger partial charge in [-0.05, 0) is 23.6 Å². The molecule has 21 heavy (non-hydrogen) atoms. The van der Waals surface area contributed by atoms with E-state index < -0.39 is 18.9 Å². The van der Waals surface area contributed by atoms with Gasteiger partial charge in [-0.3, -0.25) is 4.79 Å². The number of carbonyl (C=O) groups is 1. The summed E-state index contributed by atoms with van der Waals surface area (Å²) in [6, 6.07) is 5.11. The maximum atomic E-state index is 11.9. The molecule has 116 valence electrons. The smallest absolute Gasteiger partial charge is 0.388 e. The molecule has 1 aliphatic heterocycles. The molecule has 1 aromatic carbocycles. The summed E-state index contributed by atoms with van der Waals surface area (Å²) in [5.74, 6) is -0.0450. The van der Waals surface area contributed by atoms with Crippen LogP contribution in [0.1, 0.15) is 30.1 Å². The van der Waals surface area contributed by atoms with E-state index in [1.165, 1.54) is 0 Å². The molecule has 2 rings (SSSR count). The largest absolute Gasteiger partial charge is 0.411 e. The molecule has 0 saturated carbocycles. The van der Waals surface area contributed by atoms with E-state index in [0.29, 0.717) is 18.4 Å². The predicted octanol–water partition coefficient (Wildman–Crippen LogP) is 2.57. The summed E-state index contributed by atoms with van der Waals surface area (Å²) in [5, 5.41) is 12.7. The average molecular weight is 303 g/mol. The lowest BCUT2D eigenvalue weighted by Crippen LogP contribution is -2.19. The maximum Gasteiger partial charge on any atom is 0.411 e. The molecule has 0 saturated heterocycles. The summed E-state index contributed by atoms with van der Waals surface area (Å²) < 4.78 is 40.2. The van der Waals surface area contributed by atoms with Gasteiger partial charge in [0.1, 0.15) is 6.61 Å². The standard InChI is InChI=1S/C14H16F3NO3/c15-14(16,17)8-21-6-5-12(19)10-1-3-11-9(7-10)2-4-13(20)18-11/h1,3,7,12,19H,2,4-6,8H2,(H,18,20). The lowest BCUT2D eigenvalue weighted by atomic mass is 9.97. The van der Waals surface area contributed by atoms with Crippen LogP contribution in [-0.2, 0) is 16.0 Å². The van der Waals surface area contributed by atoms with Crippen molar-refractivity contribution >= 4 is 11.6 Å². The Morgan fingerprint density at radius 3 is 2.81 bits per heavy atom. The molecule has 0 aliphatic carbocycles. The number of nitrogens with one attached hydrogen (secondary N) is 1. The number of benzene rings is 1. The summed E-state index contributed by atoms with van der Waals surface area (Å²) in [4.78, 5) is 11.2. The van der Waals surface area contributed by atoms with Gasteiger partial charge in [-0.1, -0.05) is 12.1 Å². The number of halogens is 3. The summed E-state index contributed by atoms with van der Waals surface area (Å²) >= 11 is 0. The van der Waals surface area contributed by atoms with Gasteiger partial charge in [-0.15, -0.1) is 0 Å². The number of carbonyl (C=O) groups excluding carboxylic acids is 1. The Bertz CT molecular complexity index is 517. The second-order valence-electron chi connectivity index (χ2n) is 4.94. The van der Waals surface area contributed by atoms with Crippen molar-refractivity contribution in [1.29, 1.82) is 0 Å². The molecule has 1 unspecified atom stereocenters. The van der Waals surface area contributed by atoms with E-state index in [9.17, 15) is 23.1 Å². The highest BCUT2D eigenvalue weighted by atomic mass is 19.4. The van der Waals surface area contributed by atoms with Crippen LogP contribution in [0.2, 0.25) is 0 Å². The molecule has 0 spiro atoms. The zero-order valence-electron chi connectivity index (χ0n) is 11.2. The molecule has 1 aliphatic rings. The summed E-state index contributed by atoms with van der Waals surface area (Å²) in [7, 11) is 0. The zero-order valence-corrected chi connectivity index (χ0v) is 11.2. The van der Waals surface area contributed by atoms with Crippen molar-refractivity contribution in [3.63, 3.8) is 0 Å². The second kappa shape index (κ2) is 6.44. The van der Waals surface area contributed by atoms with Gasteiger partial charge in [-0.2, -0.15) is 13.2 Å². The first-order valence-electron chi connectivity index (χ1n) is 6.60. The molecular weight excluding hydrogens is 287 g/mol. The molecule has 1 amide bonds. The van der Waals surface area contributed by atoms with Gasteiger partial charge < -0.3 is 15.2 Å². The minimum absolute atomic E-state index is 0.0450. The Labute approximate surface area is 119 Å². The van der Waals surface area contributed by atoms with Gasteiger partial charge in [0.2, 0.25) is 5.91 Å². The highest BCUT2D eigenvalue weighted by Gasteiger charge is 2.27. The van der Waals surface area contributed by atoms with Crippen LogP contribution in [0, 0.1) is 0 Å². The van der Waals surface area contributed by atoms with Crippen molar-refractivity contribution < 1.29 is 27.8 Å². The number of hydrogen-bond acceptors (Lipinski definition) is 3. The third-order valence-corrected chi connectivity index (χ3v) is 3.21. The van der Waals surface area contributed by atoms with E-state index in [0.717, 1.165) is 11.3 Å². The van der Waals surface area contributed by atoms with Crippen molar-refractivity contribution in [2.75, 3.05) is 18.5 Å². The van der Waals surface area contributed by atoms with Crippen LogP contribution in [0.3, 0.4) is 0 Å². The van der Waals surface area contributed by atoms with E-state index >= 15 is 0 Å². The third-order valence-electron chi connectivity index (χ3n) is 3.21. The predicted molar refractivity (Wildman–Crippen MR) is 69.8 cm³/mol.